The maximum absolute atomic E-state index is 9.80. The third-order valence-corrected chi connectivity index (χ3v) is 3.15. The van der Waals surface area contributed by atoms with Crippen LogP contribution in [0.3, 0.4) is 0 Å². The van der Waals surface area contributed by atoms with Gasteiger partial charge < -0.3 is 15.5 Å². The molecule has 0 bridgehead atoms. The van der Waals surface area contributed by atoms with E-state index in [0.29, 0.717) is 6.42 Å². The number of nitrogens with zero attached hydrogens (tertiary/aromatic N) is 1. The summed E-state index contributed by atoms with van der Waals surface area (Å²) in [6, 6.07) is 3.94. The highest BCUT2D eigenvalue weighted by Crippen LogP contribution is 2.25. The lowest BCUT2D eigenvalue weighted by molar-refractivity contribution is 0.101. The van der Waals surface area contributed by atoms with Crippen molar-refractivity contribution in [2.24, 2.45) is 0 Å². The first-order chi connectivity index (χ1) is 7.76. The van der Waals surface area contributed by atoms with Gasteiger partial charge in [-0.25, -0.2) is 4.98 Å². The second-order valence-electron chi connectivity index (χ2n) is 4.19. The van der Waals surface area contributed by atoms with E-state index in [1.54, 1.807) is 0 Å². The molecule has 0 aromatic carbocycles. The van der Waals surface area contributed by atoms with E-state index >= 15 is 0 Å². The molecule has 2 atom stereocenters. The van der Waals surface area contributed by atoms with E-state index in [0.717, 1.165) is 24.5 Å². The summed E-state index contributed by atoms with van der Waals surface area (Å²) >= 11 is 0. The average molecular weight is 222 g/mol. The summed E-state index contributed by atoms with van der Waals surface area (Å²) in [6.07, 6.45) is 1.09. The molecule has 0 amide bonds. The van der Waals surface area contributed by atoms with Crippen LogP contribution < -0.4 is 5.32 Å². The molecule has 0 saturated carbocycles. The first-order valence-electron chi connectivity index (χ1n) is 5.79. The number of nitrogens with one attached hydrogen (secondary N) is 1. The monoisotopic (exact) mass is 222 g/mol. The Labute approximate surface area is 95.3 Å². The zero-order valence-corrected chi connectivity index (χ0v) is 9.48. The van der Waals surface area contributed by atoms with Crippen molar-refractivity contribution in [3.05, 3.63) is 23.4 Å². The van der Waals surface area contributed by atoms with Gasteiger partial charge in [-0.2, -0.15) is 0 Å². The van der Waals surface area contributed by atoms with Crippen molar-refractivity contribution in [2.45, 2.75) is 31.8 Å². The van der Waals surface area contributed by atoms with E-state index in [2.05, 4.69) is 10.3 Å². The maximum atomic E-state index is 9.80. The predicted molar refractivity (Wildman–Crippen MR) is 62.6 cm³/mol. The normalized spacial score (nSPS) is 17.7. The fourth-order valence-electron chi connectivity index (χ4n) is 2.08. The van der Waals surface area contributed by atoms with Crippen LogP contribution in [-0.2, 0) is 6.42 Å². The van der Waals surface area contributed by atoms with Gasteiger partial charge in [-0.1, -0.05) is 13.0 Å². The van der Waals surface area contributed by atoms with Crippen molar-refractivity contribution in [1.82, 2.24) is 4.98 Å². The molecule has 4 heteroatoms. The smallest absolute Gasteiger partial charge is 0.129 e. The third kappa shape index (κ3) is 2.03. The van der Waals surface area contributed by atoms with Crippen molar-refractivity contribution >= 4 is 5.82 Å². The third-order valence-electron chi connectivity index (χ3n) is 3.15. The Morgan fingerprint density at radius 3 is 3.00 bits per heavy atom. The lowest BCUT2D eigenvalue weighted by atomic mass is 9.96. The number of pyridine rings is 1. The van der Waals surface area contributed by atoms with Gasteiger partial charge in [-0.15, -0.1) is 0 Å². The summed E-state index contributed by atoms with van der Waals surface area (Å²) in [5.41, 5.74) is 1.98. The Bertz CT molecular complexity index is 368. The van der Waals surface area contributed by atoms with E-state index in [1.807, 2.05) is 19.1 Å². The van der Waals surface area contributed by atoms with Gasteiger partial charge >= 0.3 is 0 Å². The first-order valence-corrected chi connectivity index (χ1v) is 5.79. The fraction of sp³-hybridized carbons (Fsp3) is 0.583. The Kier molecular flexibility index (Phi) is 3.41. The molecule has 0 spiro atoms. The Morgan fingerprint density at radius 2 is 2.31 bits per heavy atom. The second kappa shape index (κ2) is 4.80. The molecule has 1 aliphatic heterocycles. The molecule has 2 heterocycles. The molecule has 1 aliphatic rings. The van der Waals surface area contributed by atoms with Crippen LogP contribution in [0.5, 0.6) is 0 Å². The summed E-state index contributed by atoms with van der Waals surface area (Å²) in [6.45, 7) is 2.76. The molecule has 16 heavy (non-hydrogen) atoms. The topological polar surface area (TPSA) is 65.4 Å². The van der Waals surface area contributed by atoms with Crippen LogP contribution in [-0.4, -0.2) is 34.5 Å². The van der Waals surface area contributed by atoms with Crippen molar-refractivity contribution in [1.29, 1.82) is 0 Å². The van der Waals surface area contributed by atoms with Gasteiger partial charge in [0, 0.05) is 6.54 Å². The van der Waals surface area contributed by atoms with E-state index < -0.39 is 6.10 Å². The minimum atomic E-state index is -0.531. The number of anilines is 1. The Hall–Kier alpha value is -1.13. The lowest BCUT2D eigenvalue weighted by Crippen LogP contribution is -2.22. The number of aliphatic hydroxyl groups excluding tert-OH is 2. The summed E-state index contributed by atoms with van der Waals surface area (Å²) in [7, 11) is 0. The van der Waals surface area contributed by atoms with Gasteiger partial charge in [0.25, 0.3) is 0 Å². The van der Waals surface area contributed by atoms with Crippen LogP contribution in [0.4, 0.5) is 5.82 Å². The standard InChI is InChI=1S/C12H18N2O2/c1-2-11(16)9(7-15)10-4-3-8-5-6-13-12(8)14-10/h3-4,9,11,15-16H,2,5-7H2,1H3,(H,13,14). The minimum absolute atomic E-state index is 0.0687. The van der Waals surface area contributed by atoms with Gasteiger partial charge in [0.15, 0.2) is 0 Å². The summed E-state index contributed by atoms with van der Waals surface area (Å²) in [5, 5.41) is 22.3. The molecule has 2 unspecified atom stereocenters. The number of rotatable bonds is 4. The number of aromatic nitrogens is 1. The van der Waals surface area contributed by atoms with E-state index in [4.69, 9.17) is 0 Å². The van der Waals surface area contributed by atoms with Gasteiger partial charge in [-0.05, 0) is 24.5 Å². The minimum Gasteiger partial charge on any atom is -0.396 e. The summed E-state index contributed by atoms with van der Waals surface area (Å²) in [5.74, 6) is 0.622. The maximum Gasteiger partial charge on any atom is 0.129 e. The summed E-state index contributed by atoms with van der Waals surface area (Å²) in [4.78, 5) is 4.46. The van der Waals surface area contributed by atoms with Gasteiger partial charge in [0.05, 0.1) is 24.3 Å². The first kappa shape index (κ1) is 11.4. The van der Waals surface area contributed by atoms with Crippen molar-refractivity contribution in [3.63, 3.8) is 0 Å². The zero-order valence-electron chi connectivity index (χ0n) is 9.48. The van der Waals surface area contributed by atoms with E-state index in [-0.39, 0.29) is 12.5 Å². The van der Waals surface area contributed by atoms with Gasteiger partial charge in [-0.3, -0.25) is 0 Å². The highest BCUT2D eigenvalue weighted by atomic mass is 16.3. The molecule has 0 fully saturated rings. The highest BCUT2D eigenvalue weighted by molar-refractivity contribution is 5.49. The Balaban J connectivity index is 2.25. The number of hydrogen-bond donors (Lipinski definition) is 3. The second-order valence-corrected chi connectivity index (χ2v) is 4.19. The van der Waals surface area contributed by atoms with E-state index in [1.165, 1.54) is 5.56 Å². The molecule has 1 aromatic heterocycles. The molecule has 0 radical (unpaired) electrons. The SMILES string of the molecule is CCC(O)C(CO)c1ccc2c(n1)NCC2. The van der Waals surface area contributed by atoms with Crippen LogP contribution in [0.1, 0.15) is 30.5 Å². The van der Waals surface area contributed by atoms with Crippen LogP contribution in [0, 0.1) is 0 Å². The van der Waals surface area contributed by atoms with Gasteiger partial charge in [0.1, 0.15) is 5.82 Å². The molecule has 0 saturated heterocycles. The fourth-order valence-corrected chi connectivity index (χ4v) is 2.08. The molecular formula is C12H18N2O2. The molecule has 1 aromatic rings. The van der Waals surface area contributed by atoms with Crippen molar-refractivity contribution < 1.29 is 10.2 Å². The highest BCUT2D eigenvalue weighted by Gasteiger charge is 2.22. The lowest BCUT2D eigenvalue weighted by Gasteiger charge is -2.19. The van der Waals surface area contributed by atoms with Crippen LogP contribution in [0.15, 0.2) is 12.1 Å². The number of hydrogen-bond acceptors (Lipinski definition) is 4. The van der Waals surface area contributed by atoms with Gasteiger partial charge in [0.2, 0.25) is 0 Å². The van der Waals surface area contributed by atoms with Crippen molar-refractivity contribution in [2.75, 3.05) is 18.5 Å². The predicted octanol–water partition coefficient (Wildman–Crippen LogP) is 0.896. The zero-order chi connectivity index (χ0) is 11.5. The summed E-state index contributed by atoms with van der Waals surface area (Å²) < 4.78 is 0. The van der Waals surface area contributed by atoms with Crippen LogP contribution in [0.2, 0.25) is 0 Å². The molecular weight excluding hydrogens is 204 g/mol. The molecule has 4 nitrogen and oxygen atoms in total. The van der Waals surface area contributed by atoms with Crippen LogP contribution in [0.25, 0.3) is 0 Å². The van der Waals surface area contributed by atoms with E-state index in [9.17, 15) is 10.2 Å². The molecule has 0 aliphatic carbocycles. The molecule has 3 N–H and O–H groups in total. The number of fused-ring (bicyclic) bond motifs is 1. The largest absolute Gasteiger partial charge is 0.396 e. The van der Waals surface area contributed by atoms with Crippen molar-refractivity contribution in [3.8, 4) is 0 Å². The average Bonchev–Trinajstić information content (AvgIpc) is 2.77. The Morgan fingerprint density at radius 1 is 1.50 bits per heavy atom. The number of aliphatic hydroxyl groups is 2. The molecule has 88 valence electrons. The molecule has 2 rings (SSSR count). The quantitative estimate of drug-likeness (QED) is 0.708. The van der Waals surface area contributed by atoms with Crippen LogP contribution >= 0.6 is 0 Å².